The Hall–Kier alpha value is -1.58. The minimum atomic E-state index is -0.632. The average molecular weight is 237 g/mol. The maximum absolute atomic E-state index is 13.7. The summed E-state index contributed by atoms with van der Waals surface area (Å²) in [5.74, 6) is -1.15. The third-order valence-electron chi connectivity index (χ3n) is 3.08. The van der Waals surface area contributed by atoms with Crippen LogP contribution < -0.4 is 4.90 Å². The zero-order chi connectivity index (χ0) is 12.3. The average Bonchev–Trinajstić information content (AvgIpc) is 2.39. The lowest BCUT2D eigenvalue weighted by molar-refractivity contribution is 0.0595. The van der Waals surface area contributed by atoms with Gasteiger partial charge in [-0.15, -0.1) is 0 Å². The van der Waals surface area contributed by atoms with E-state index in [0.29, 0.717) is 0 Å². The van der Waals surface area contributed by atoms with Gasteiger partial charge in [0.2, 0.25) is 0 Å². The van der Waals surface area contributed by atoms with Gasteiger partial charge in [-0.1, -0.05) is 0 Å². The van der Waals surface area contributed by atoms with Gasteiger partial charge >= 0.3 is 5.97 Å². The summed E-state index contributed by atoms with van der Waals surface area (Å²) < 4.78 is 18.2. The van der Waals surface area contributed by atoms with Crippen molar-refractivity contribution in [1.29, 1.82) is 0 Å². The molecule has 17 heavy (non-hydrogen) atoms. The monoisotopic (exact) mass is 237 g/mol. The van der Waals surface area contributed by atoms with Gasteiger partial charge < -0.3 is 9.64 Å². The summed E-state index contributed by atoms with van der Waals surface area (Å²) in [6, 6.07) is 4.68. The lowest BCUT2D eigenvalue weighted by Crippen LogP contribution is -2.29. The number of carbonyl (C=O) groups is 1. The van der Waals surface area contributed by atoms with E-state index in [1.165, 1.54) is 25.7 Å². The second-order valence-electron chi connectivity index (χ2n) is 4.20. The normalized spacial score (nSPS) is 15.8. The molecule has 3 nitrogen and oxygen atoms in total. The van der Waals surface area contributed by atoms with Crippen LogP contribution in [0.4, 0.5) is 10.1 Å². The van der Waals surface area contributed by atoms with Crippen LogP contribution >= 0.6 is 0 Å². The number of rotatable bonds is 2. The van der Waals surface area contributed by atoms with E-state index in [9.17, 15) is 9.18 Å². The zero-order valence-electron chi connectivity index (χ0n) is 9.91. The van der Waals surface area contributed by atoms with Crippen molar-refractivity contribution in [3.63, 3.8) is 0 Å². The molecule has 0 aromatic heterocycles. The van der Waals surface area contributed by atoms with E-state index >= 15 is 0 Å². The molecule has 1 aromatic rings. The highest BCUT2D eigenvalue weighted by molar-refractivity contribution is 5.90. The van der Waals surface area contributed by atoms with Gasteiger partial charge in [0, 0.05) is 18.8 Å². The number of ether oxygens (including phenoxy) is 1. The number of hydrogen-bond acceptors (Lipinski definition) is 3. The molecule has 0 aliphatic carbocycles. The largest absolute Gasteiger partial charge is 0.465 e. The number of piperidine rings is 1. The molecule has 2 rings (SSSR count). The van der Waals surface area contributed by atoms with E-state index < -0.39 is 11.8 Å². The summed E-state index contributed by atoms with van der Waals surface area (Å²) in [4.78, 5) is 13.4. The second-order valence-corrected chi connectivity index (χ2v) is 4.20. The molecule has 1 saturated heterocycles. The molecule has 0 amide bonds. The van der Waals surface area contributed by atoms with Crippen LogP contribution in [-0.4, -0.2) is 26.2 Å². The fraction of sp³-hybridized carbons (Fsp3) is 0.462. The topological polar surface area (TPSA) is 29.5 Å². The molecule has 0 unspecified atom stereocenters. The van der Waals surface area contributed by atoms with Crippen molar-refractivity contribution < 1.29 is 13.9 Å². The number of carbonyl (C=O) groups excluding carboxylic acids is 1. The van der Waals surface area contributed by atoms with E-state index in [0.717, 1.165) is 31.6 Å². The van der Waals surface area contributed by atoms with E-state index in [2.05, 4.69) is 9.64 Å². The van der Waals surface area contributed by atoms with Crippen molar-refractivity contribution in [2.45, 2.75) is 19.3 Å². The fourth-order valence-corrected chi connectivity index (χ4v) is 2.13. The van der Waals surface area contributed by atoms with Crippen LogP contribution in [-0.2, 0) is 4.74 Å². The number of anilines is 1. The maximum atomic E-state index is 13.7. The van der Waals surface area contributed by atoms with Gasteiger partial charge in [0.05, 0.1) is 12.7 Å². The van der Waals surface area contributed by atoms with E-state index in [1.54, 1.807) is 6.07 Å². The van der Waals surface area contributed by atoms with Crippen LogP contribution in [0.2, 0.25) is 0 Å². The standard InChI is InChI=1S/C13H16FNO2/c1-17-13(16)11-6-5-10(9-12(11)14)15-7-3-2-4-8-15/h5-6,9H,2-4,7-8H2,1H3. The van der Waals surface area contributed by atoms with Gasteiger partial charge in [-0.25, -0.2) is 9.18 Å². The first kappa shape index (κ1) is 11.9. The fourth-order valence-electron chi connectivity index (χ4n) is 2.13. The van der Waals surface area contributed by atoms with Crippen LogP contribution in [0.5, 0.6) is 0 Å². The minimum absolute atomic E-state index is 0.00624. The lowest BCUT2D eigenvalue weighted by atomic mass is 10.1. The van der Waals surface area contributed by atoms with Crippen molar-refractivity contribution in [1.82, 2.24) is 0 Å². The second kappa shape index (κ2) is 5.17. The van der Waals surface area contributed by atoms with Crippen molar-refractivity contribution in [2.24, 2.45) is 0 Å². The molecule has 0 spiro atoms. The molecule has 1 aromatic carbocycles. The summed E-state index contributed by atoms with van der Waals surface area (Å²) in [5.41, 5.74) is 0.836. The van der Waals surface area contributed by atoms with Gasteiger partial charge in [-0.3, -0.25) is 0 Å². The Morgan fingerprint density at radius 3 is 2.59 bits per heavy atom. The third-order valence-corrected chi connectivity index (χ3v) is 3.08. The first-order valence-corrected chi connectivity index (χ1v) is 5.85. The first-order chi connectivity index (χ1) is 8.22. The molecule has 1 aliphatic rings. The van der Waals surface area contributed by atoms with Crippen LogP contribution in [0.1, 0.15) is 29.6 Å². The Morgan fingerprint density at radius 1 is 1.29 bits per heavy atom. The molecule has 0 radical (unpaired) electrons. The highest BCUT2D eigenvalue weighted by Crippen LogP contribution is 2.22. The summed E-state index contributed by atoms with van der Waals surface area (Å²) in [7, 11) is 1.25. The van der Waals surface area contributed by atoms with Crippen molar-refractivity contribution in [3.05, 3.63) is 29.6 Å². The summed E-state index contributed by atoms with van der Waals surface area (Å²) >= 11 is 0. The van der Waals surface area contributed by atoms with Crippen LogP contribution in [0, 0.1) is 5.82 Å². The predicted molar refractivity (Wildman–Crippen MR) is 63.8 cm³/mol. The van der Waals surface area contributed by atoms with Gasteiger partial charge in [-0.05, 0) is 37.5 Å². The number of nitrogens with zero attached hydrogens (tertiary/aromatic N) is 1. The molecular formula is C13H16FNO2. The highest BCUT2D eigenvalue weighted by atomic mass is 19.1. The van der Waals surface area contributed by atoms with Gasteiger partial charge in [0.1, 0.15) is 5.82 Å². The van der Waals surface area contributed by atoms with Crippen molar-refractivity contribution >= 4 is 11.7 Å². The van der Waals surface area contributed by atoms with Crippen LogP contribution in [0.25, 0.3) is 0 Å². The maximum Gasteiger partial charge on any atom is 0.340 e. The Kier molecular flexibility index (Phi) is 3.61. The molecular weight excluding hydrogens is 221 g/mol. The van der Waals surface area contributed by atoms with Gasteiger partial charge in [-0.2, -0.15) is 0 Å². The molecule has 4 heteroatoms. The molecule has 1 heterocycles. The molecule has 1 fully saturated rings. The van der Waals surface area contributed by atoms with E-state index in [-0.39, 0.29) is 5.56 Å². The molecule has 92 valence electrons. The third kappa shape index (κ3) is 2.57. The van der Waals surface area contributed by atoms with Crippen LogP contribution in [0.3, 0.4) is 0 Å². The summed E-state index contributed by atoms with van der Waals surface area (Å²) in [6.07, 6.45) is 3.51. The first-order valence-electron chi connectivity index (χ1n) is 5.85. The zero-order valence-corrected chi connectivity index (χ0v) is 9.91. The summed E-state index contributed by atoms with van der Waals surface area (Å²) in [5, 5.41) is 0. The Balaban J connectivity index is 2.20. The number of esters is 1. The Bertz CT molecular complexity index is 414. The smallest absolute Gasteiger partial charge is 0.340 e. The molecule has 0 bridgehead atoms. The lowest BCUT2D eigenvalue weighted by Gasteiger charge is -2.28. The molecule has 1 aliphatic heterocycles. The van der Waals surface area contributed by atoms with Crippen molar-refractivity contribution in [3.8, 4) is 0 Å². The van der Waals surface area contributed by atoms with Gasteiger partial charge in [0.15, 0.2) is 0 Å². The quantitative estimate of drug-likeness (QED) is 0.740. The predicted octanol–water partition coefficient (Wildman–Crippen LogP) is 2.60. The molecule has 0 N–H and O–H groups in total. The number of hydrogen-bond donors (Lipinski definition) is 0. The molecule has 0 atom stereocenters. The van der Waals surface area contributed by atoms with Gasteiger partial charge in [0.25, 0.3) is 0 Å². The van der Waals surface area contributed by atoms with E-state index in [1.807, 2.05) is 0 Å². The number of methoxy groups -OCH3 is 1. The Morgan fingerprint density at radius 2 is 2.00 bits per heavy atom. The highest BCUT2D eigenvalue weighted by Gasteiger charge is 2.16. The summed E-state index contributed by atoms with van der Waals surface area (Å²) in [6.45, 7) is 1.91. The SMILES string of the molecule is COC(=O)c1ccc(N2CCCCC2)cc1F. The number of halogens is 1. The van der Waals surface area contributed by atoms with Crippen LogP contribution in [0.15, 0.2) is 18.2 Å². The van der Waals surface area contributed by atoms with Crippen molar-refractivity contribution in [2.75, 3.05) is 25.1 Å². The number of benzene rings is 1. The molecule has 0 saturated carbocycles. The Labute approximate surface area is 100 Å². The minimum Gasteiger partial charge on any atom is -0.465 e. The van der Waals surface area contributed by atoms with E-state index in [4.69, 9.17) is 0 Å².